The van der Waals surface area contributed by atoms with Gasteiger partial charge in [-0.3, -0.25) is 9.36 Å². The van der Waals surface area contributed by atoms with Gasteiger partial charge < -0.3 is 5.11 Å². The fourth-order valence-electron chi connectivity index (χ4n) is 1.37. The predicted molar refractivity (Wildman–Crippen MR) is 45.1 cm³/mol. The second-order valence-corrected chi connectivity index (χ2v) is 3.26. The van der Waals surface area contributed by atoms with E-state index in [0.29, 0.717) is 11.6 Å². The Kier molecular flexibility index (Phi) is 1.34. The molecule has 1 aliphatic rings. The van der Waals surface area contributed by atoms with Crippen molar-refractivity contribution in [3.05, 3.63) is 17.7 Å². The molecule has 0 fully saturated rings. The highest BCUT2D eigenvalue weighted by Crippen LogP contribution is 2.30. The number of fused-ring (bicyclic) bond motifs is 1. The van der Waals surface area contributed by atoms with E-state index in [2.05, 4.69) is 10.2 Å². The monoisotopic (exact) mass is 179 g/mol. The molecule has 5 heteroatoms. The number of hydrogen-bond acceptors (Lipinski definition) is 3. The maximum atomic E-state index is 11.0. The number of hydrogen-bond donors (Lipinski definition) is 1. The summed E-state index contributed by atoms with van der Waals surface area (Å²) in [4.78, 5) is 11.0. The summed E-state index contributed by atoms with van der Waals surface area (Å²) in [5.74, 6) is 0.267. The van der Waals surface area contributed by atoms with Gasteiger partial charge in [0.2, 0.25) is 0 Å². The minimum Gasteiger partial charge on any atom is -0.480 e. The molecular weight excluding hydrogens is 170 g/mol. The van der Waals surface area contributed by atoms with Crippen LogP contribution in [0.2, 0.25) is 0 Å². The van der Waals surface area contributed by atoms with Crippen molar-refractivity contribution in [2.75, 3.05) is 0 Å². The highest BCUT2D eigenvalue weighted by Gasteiger charge is 2.41. The standard InChI is InChI=1S/C8H9N3O2/c1-5-9-10-6-8(2,7(12)13)3-4-11(5)6/h3-4H,1-2H3,(H,12,13). The number of aliphatic carboxylic acids is 1. The van der Waals surface area contributed by atoms with Gasteiger partial charge in [-0.15, -0.1) is 10.2 Å². The van der Waals surface area contributed by atoms with Crippen LogP contribution < -0.4 is 0 Å². The van der Waals surface area contributed by atoms with Crippen molar-refractivity contribution in [1.29, 1.82) is 0 Å². The topological polar surface area (TPSA) is 68.0 Å². The van der Waals surface area contributed by atoms with E-state index in [4.69, 9.17) is 5.11 Å². The van der Waals surface area contributed by atoms with Crippen molar-refractivity contribution < 1.29 is 9.90 Å². The second-order valence-electron chi connectivity index (χ2n) is 3.26. The summed E-state index contributed by atoms with van der Waals surface area (Å²) in [5, 5.41) is 16.7. The summed E-state index contributed by atoms with van der Waals surface area (Å²) in [5.41, 5.74) is -1.03. The van der Waals surface area contributed by atoms with Crippen molar-refractivity contribution >= 4 is 12.2 Å². The maximum absolute atomic E-state index is 11.0. The molecule has 2 heterocycles. The van der Waals surface area contributed by atoms with E-state index in [-0.39, 0.29) is 0 Å². The molecule has 1 atom stereocenters. The van der Waals surface area contributed by atoms with E-state index >= 15 is 0 Å². The van der Waals surface area contributed by atoms with E-state index in [1.165, 1.54) is 0 Å². The van der Waals surface area contributed by atoms with Crippen molar-refractivity contribution in [3.8, 4) is 0 Å². The number of carbonyl (C=O) groups is 1. The van der Waals surface area contributed by atoms with Crippen LogP contribution in [0.1, 0.15) is 18.6 Å². The zero-order valence-electron chi connectivity index (χ0n) is 7.35. The minimum atomic E-state index is -1.03. The molecule has 0 radical (unpaired) electrons. The van der Waals surface area contributed by atoms with Crippen LogP contribution in [0.3, 0.4) is 0 Å². The maximum Gasteiger partial charge on any atom is 0.321 e. The van der Waals surface area contributed by atoms with Gasteiger partial charge in [0.25, 0.3) is 0 Å². The van der Waals surface area contributed by atoms with Crippen LogP contribution >= 0.6 is 0 Å². The van der Waals surface area contributed by atoms with Crippen LogP contribution in [0.5, 0.6) is 0 Å². The van der Waals surface area contributed by atoms with Gasteiger partial charge in [0, 0.05) is 6.20 Å². The molecule has 68 valence electrons. The molecule has 1 N–H and O–H groups in total. The van der Waals surface area contributed by atoms with E-state index in [1.54, 1.807) is 30.7 Å². The molecule has 1 aromatic rings. The van der Waals surface area contributed by atoms with Crippen LogP contribution in [0.15, 0.2) is 6.08 Å². The summed E-state index contributed by atoms with van der Waals surface area (Å²) in [6, 6.07) is 0. The third-order valence-electron chi connectivity index (χ3n) is 2.33. The van der Waals surface area contributed by atoms with Crippen LogP contribution in [0, 0.1) is 6.92 Å². The van der Waals surface area contributed by atoms with Crippen molar-refractivity contribution in [3.63, 3.8) is 0 Å². The first-order valence-electron chi connectivity index (χ1n) is 3.90. The number of rotatable bonds is 1. The third kappa shape index (κ3) is 0.838. The average molecular weight is 179 g/mol. The fraction of sp³-hybridized carbons (Fsp3) is 0.375. The lowest BCUT2D eigenvalue weighted by atomic mass is 9.92. The Morgan fingerprint density at radius 1 is 1.62 bits per heavy atom. The van der Waals surface area contributed by atoms with Gasteiger partial charge in [0.05, 0.1) is 0 Å². The molecule has 1 aromatic heterocycles. The summed E-state index contributed by atoms with van der Waals surface area (Å²) >= 11 is 0. The predicted octanol–water partition coefficient (Wildman–Crippen LogP) is 0.413. The summed E-state index contributed by atoms with van der Waals surface area (Å²) in [7, 11) is 0. The van der Waals surface area contributed by atoms with Gasteiger partial charge >= 0.3 is 5.97 Å². The Morgan fingerprint density at radius 3 is 2.92 bits per heavy atom. The van der Waals surface area contributed by atoms with Crippen molar-refractivity contribution in [2.24, 2.45) is 0 Å². The van der Waals surface area contributed by atoms with E-state index < -0.39 is 11.4 Å². The molecule has 0 amide bonds. The van der Waals surface area contributed by atoms with Gasteiger partial charge in [-0.05, 0) is 19.9 Å². The lowest BCUT2D eigenvalue weighted by Crippen LogP contribution is -2.29. The molecule has 0 spiro atoms. The van der Waals surface area contributed by atoms with Gasteiger partial charge in [-0.2, -0.15) is 0 Å². The Bertz CT molecular complexity index is 408. The van der Waals surface area contributed by atoms with Gasteiger partial charge in [-0.25, -0.2) is 0 Å². The molecule has 0 bridgehead atoms. The minimum absolute atomic E-state index is 0.470. The van der Waals surface area contributed by atoms with Gasteiger partial charge in [0.15, 0.2) is 5.82 Å². The normalized spacial score (nSPS) is 24.8. The number of carboxylic acids is 1. The van der Waals surface area contributed by atoms with E-state index in [9.17, 15) is 4.79 Å². The quantitative estimate of drug-likeness (QED) is 0.678. The zero-order chi connectivity index (χ0) is 9.64. The highest BCUT2D eigenvalue weighted by atomic mass is 16.4. The average Bonchev–Trinajstić information content (AvgIpc) is 2.57. The number of nitrogens with zero attached hydrogens (tertiary/aromatic N) is 3. The Balaban J connectivity index is 2.62. The zero-order valence-corrected chi connectivity index (χ0v) is 7.35. The summed E-state index contributed by atoms with van der Waals surface area (Å²) in [6.45, 7) is 3.40. The van der Waals surface area contributed by atoms with Crippen molar-refractivity contribution in [2.45, 2.75) is 19.3 Å². The molecule has 5 nitrogen and oxygen atoms in total. The molecule has 0 saturated heterocycles. The lowest BCUT2D eigenvalue weighted by molar-refractivity contribution is -0.141. The first-order chi connectivity index (χ1) is 6.05. The summed E-state index contributed by atoms with van der Waals surface area (Å²) in [6.07, 6.45) is 3.31. The molecular formula is C8H9N3O2. The molecule has 2 rings (SSSR count). The fourth-order valence-corrected chi connectivity index (χ4v) is 1.37. The van der Waals surface area contributed by atoms with Crippen LogP contribution in [0.25, 0.3) is 6.20 Å². The molecule has 1 aliphatic heterocycles. The Hall–Kier alpha value is -1.65. The number of aryl methyl sites for hydroxylation is 1. The second kappa shape index (κ2) is 2.18. The molecule has 1 unspecified atom stereocenters. The molecule has 0 aromatic carbocycles. The number of carboxylic acid groups (broad SMARTS) is 1. The highest BCUT2D eigenvalue weighted by molar-refractivity contribution is 5.84. The van der Waals surface area contributed by atoms with Gasteiger partial charge in [0.1, 0.15) is 11.2 Å². The van der Waals surface area contributed by atoms with Crippen LogP contribution in [0.4, 0.5) is 0 Å². The Morgan fingerprint density at radius 2 is 2.31 bits per heavy atom. The third-order valence-corrected chi connectivity index (χ3v) is 2.33. The smallest absolute Gasteiger partial charge is 0.321 e. The largest absolute Gasteiger partial charge is 0.480 e. The van der Waals surface area contributed by atoms with E-state index in [1.807, 2.05) is 0 Å². The van der Waals surface area contributed by atoms with Crippen molar-refractivity contribution in [1.82, 2.24) is 14.8 Å². The first-order valence-corrected chi connectivity index (χ1v) is 3.90. The summed E-state index contributed by atoms with van der Waals surface area (Å²) < 4.78 is 1.69. The number of aromatic nitrogens is 3. The molecule has 0 saturated carbocycles. The molecule has 13 heavy (non-hydrogen) atoms. The van der Waals surface area contributed by atoms with Gasteiger partial charge in [-0.1, -0.05) is 0 Å². The first kappa shape index (κ1) is 7.97. The SMILES string of the molecule is Cc1nnc2n1C=CC2(C)C(=O)O. The molecule has 0 aliphatic carbocycles. The Labute approximate surface area is 74.7 Å². The van der Waals surface area contributed by atoms with Crippen LogP contribution in [-0.2, 0) is 10.2 Å². The van der Waals surface area contributed by atoms with Crippen LogP contribution in [-0.4, -0.2) is 25.8 Å². The van der Waals surface area contributed by atoms with E-state index in [0.717, 1.165) is 0 Å². The lowest BCUT2D eigenvalue weighted by Gasteiger charge is -2.12.